The molecule has 104 valence electrons. The Kier molecular flexibility index (Phi) is 2.51. The molecule has 1 aromatic carbocycles. The molecule has 0 saturated heterocycles. The highest BCUT2D eigenvalue weighted by Crippen LogP contribution is 2.33. The van der Waals surface area contributed by atoms with Crippen molar-refractivity contribution in [2.75, 3.05) is 7.11 Å². The van der Waals surface area contributed by atoms with E-state index in [2.05, 4.69) is 58.1 Å². The summed E-state index contributed by atoms with van der Waals surface area (Å²) in [5, 5.41) is 2.23. The van der Waals surface area contributed by atoms with E-state index in [0.717, 1.165) is 22.5 Å². The number of methoxy groups -OCH3 is 1. The average Bonchev–Trinajstić information content (AvgIpc) is 3.08. The Morgan fingerprint density at radius 2 is 2.00 bits per heavy atom. The molecular formula is C17H15N3O. The quantitative estimate of drug-likeness (QED) is 0.606. The molecule has 0 saturated carbocycles. The average molecular weight is 277 g/mol. The van der Waals surface area contributed by atoms with Crippen LogP contribution in [0.3, 0.4) is 0 Å². The van der Waals surface area contributed by atoms with Crippen LogP contribution in [-0.2, 0) is 7.05 Å². The third-order valence-corrected chi connectivity index (χ3v) is 3.90. The lowest BCUT2D eigenvalue weighted by Crippen LogP contribution is -1.84. The van der Waals surface area contributed by atoms with E-state index >= 15 is 0 Å². The Labute approximate surface area is 122 Å². The zero-order valence-electron chi connectivity index (χ0n) is 11.9. The Balaban J connectivity index is 2.01. The van der Waals surface area contributed by atoms with Gasteiger partial charge >= 0.3 is 0 Å². The molecule has 4 nitrogen and oxygen atoms in total. The fourth-order valence-corrected chi connectivity index (χ4v) is 2.88. The number of rotatable bonds is 2. The van der Waals surface area contributed by atoms with Crippen molar-refractivity contribution < 1.29 is 4.74 Å². The largest absolute Gasteiger partial charge is 0.496 e. The molecule has 0 spiro atoms. The van der Waals surface area contributed by atoms with Crippen LogP contribution in [0.25, 0.3) is 33.2 Å². The topological polar surface area (TPSA) is 42.8 Å². The lowest BCUT2D eigenvalue weighted by atomic mass is 10.1. The molecule has 0 unspecified atom stereocenters. The zero-order chi connectivity index (χ0) is 14.4. The van der Waals surface area contributed by atoms with Gasteiger partial charge in [0.2, 0.25) is 0 Å². The molecule has 0 atom stereocenters. The highest BCUT2D eigenvalue weighted by Gasteiger charge is 2.12. The van der Waals surface area contributed by atoms with E-state index in [1.54, 1.807) is 13.3 Å². The van der Waals surface area contributed by atoms with Gasteiger partial charge in [-0.2, -0.15) is 0 Å². The molecule has 0 aliphatic rings. The molecule has 0 aliphatic carbocycles. The van der Waals surface area contributed by atoms with Crippen molar-refractivity contribution in [1.29, 1.82) is 0 Å². The summed E-state index contributed by atoms with van der Waals surface area (Å²) in [6.45, 7) is 0. The first-order valence-corrected chi connectivity index (χ1v) is 6.84. The monoisotopic (exact) mass is 277 g/mol. The van der Waals surface area contributed by atoms with Crippen molar-refractivity contribution in [3.8, 4) is 17.0 Å². The van der Waals surface area contributed by atoms with Gasteiger partial charge in [-0.1, -0.05) is 18.2 Å². The number of benzene rings is 1. The van der Waals surface area contributed by atoms with Crippen LogP contribution < -0.4 is 4.74 Å². The molecular weight excluding hydrogens is 262 g/mol. The van der Waals surface area contributed by atoms with Crippen LogP contribution >= 0.6 is 0 Å². The van der Waals surface area contributed by atoms with E-state index in [1.807, 2.05) is 6.07 Å². The summed E-state index contributed by atoms with van der Waals surface area (Å²) < 4.78 is 7.54. The van der Waals surface area contributed by atoms with E-state index in [-0.39, 0.29) is 0 Å². The highest BCUT2D eigenvalue weighted by molar-refractivity contribution is 5.98. The second-order valence-electron chi connectivity index (χ2n) is 5.13. The van der Waals surface area contributed by atoms with Gasteiger partial charge in [-0.3, -0.25) is 0 Å². The van der Waals surface area contributed by atoms with Crippen molar-refractivity contribution in [3.05, 3.63) is 48.8 Å². The summed E-state index contributed by atoms with van der Waals surface area (Å²) in [5.41, 5.74) is 4.29. The van der Waals surface area contributed by atoms with Crippen LogP contribution in [0.2, 0.25) is 0 Å². The second-order valence-corrected chi connectivity index (χ2v) is 5.13. The van der Waals surface area contributed by atoms with Crippen LogP contribution in [0.1, 0.15) is 0 Å². The number of pyridine rings is 1. The van der Waals surface area contributed by atoms with Crippen molar-refractivity contribution >= 4 is 21.9 Å². The SMILES string of the molecule is COc1ccnc2[nH]c(-c3cn(C)c4ccccc34)cc12. The lowest BCUT2D eigenvalue weighted by Gasteiger charge is -1.98. The molecule has 21 heavy (non-hydrogen) atoms. The third-order valence-electron chi connectivity index (χ3n) is 3.90. The number of H-pyrrole nitrogens is 1. The Bertz CT molecular complexity index is 949. The minimum absolute atomic E-state index is 0.836. The van der Waals surface area contributed by atoms with Gasteiger partial charge in [-0.25, -0.2) is 4.98 Å². The molecule has 4 rings (SSSR count). The van der Waals surface area contributed by atoms with E-state index in [4.69, 9.17) is 4.74 Å². The number of nitrogens with one attached hydrogen (secondary N) is 1. The Morgan fingerprint density at radius 1 is 1.14 bits per heavy atom. The second kappa shape index (κ2) is 4.38. The maximum absolute atomic E-state index is 5.40. The fraction of sp³-hybridized carbons (Fsp3) is 0.118. The van der Waals surface area contributed by atoms with Gasteiger partial charge in [0.05, 0.1) is 12.5 Å². The molecule has 3 heterocycles. The molecule has 0 amide bonds. The first kappa shape index (κ1) is 12.0. The van der Waals surface area contributed by atoms with Gasteiger partial charge in [-0.05, 0) is 18.2 Å². The maximum Gasteiger partial charge on any atom is 0.141 e. The first-order chi connectivity index (χ1) is 10.3. The van der Waals surface area contributed by atoms with Crippen LogP contribution in [-0.4, -0.2) is 21.6 Å². The van der Waals surface area contributed by atoms with Gasteiger partial charge in [0.1, 0.15) is 11.4 Å². The number of hydrogen-bond donors (Lipinski definition) is 1. The summed E-state index contributed by atoms with van der Waals surface area (Å²) in [6.07, 6.45) is 3.90. The van der Waals surface area contributed by atoms with Crippen LogP contribution in [0, 0.1) is 0 Å². The third kappa shape index (κ3) is 1.72. The maximum atomic E-state index is 5.40. The number of fused-ring (bicyclic) bond motifs is 2. The fourth-order valence-electron chi connectivity index (χ4n) is 2.88. The predicted molar refractivity (Wildman–Crippen MR) is 84.6 cm³/mol. The van der Waals surface area contributed by atoms with Crippen molar-refractivity contribution in [2.45, 2.75) is 0 Å². The lowest BCUT2D eigenvalue weighted by molar-refractivity contribution is 0.419. The Hall–Kier alpha value is -2.75. The van der Waals surface area contributed by atoms with Crippen LogP contribution in [0.4, 0.5) is 0 Å². The van der Waals surface area contributed by atoms with Crippen molar-refractivity contribution in [2.24, 2.45) is 7.05 Å². The number of nitrogens with zero attached hydrogens (tertiary/aromatic N) is 2. The van der Waals surface area contributed by atoms with E-state index < -0.39 is 0 Å². The number of hydrogen-bond acceptors (Lipinski definition) is 2. The first-order valence-electron chi connectivity index (χ1n) is 6.84. The van der Waals surface area contributed by atoms with Crippen LogP contribution in [0.15, 0.2) is 48.8 Å². The Morgan fingerprint density at radius 3 is 2.86 bits per heavy atom. The normalized spacial score (nSPS) is 11.3. The number of aromatic nitrogens is 3. The predicted octanol–water partition coefficient (Wildman–Crippen LogP) is 3.73. The summed E-state index contributed by atoms with van der Waals surface area (Å²) in [4.78, 5) is 7.77. The highest BCUT2D eigenvalue weighted by atomic mass is 16.5. The molecule has 0 fully saturated rings. The van der Waals surface area contributed by atoms with E-state index in [1.165, 1.54) is 16.5 Å². The summed E-state index contributed by atoms with van der Waals surface area (Å²) in [7, 11) is 3.74. The molecule has 0 bridgehead atoms. The van der Waals surface area contributed by atoms with E-state index in [9.17, 15) is 0 Å². The van der Waals surface area contributed by atoms with Gasteiger partial charge in [-0.15, -0.1) is 0 Å². The molecule has 3 aromatic heterocycles. The smallest absolute Gasteiger partial charge is 0.141 e. The summed E-state index contributed by atoms with van der Waals surface area (Å²) in [5.74, 6) is 0.836. The van der Waals surface area contributed by atoms with Gasteiger partial charge in [0.25, 0.3) is 0 Å². The van der Waals surface area contributed by atoms with Gasteiger partial charge in [0, 0.05) is 41.6 Å². The summed E-state index contributed by atoms with van der Waals surface area (Å²) in [6, 6.07) is 12.4. The molecule has 0 aliphatic heterocycles. The van der Waals surface area contributed by atoms with E-state index in [0.29, 0.717) is 0 Å². The van der Waals surface area contributed by atoms with Crippen LogP contribution in [0.5, 0.6) is 5.75 Å². The number of aromatic amines is 1. The van der Waals surface area contributed by atoms with Crippen molar-refractivity contribution in [1.82, 2.24) is 14.5 Å². The minimum Gasteiger partial charge on any atom is -0.496 e. The van der Waals surface area contributed by atoms with Crippen molar-refractivity contribution in [3.63, 3.8) is 0 Å². The molecule has 4 heteroatoms. The number of aryl methyl sites for hydroxylation is 1. The number of para-hydroxylation sites is 1. The standard InChI is InChI=1S/C17H15N3O/c1-20-10-13(11-5-3-4-6-15(11)20)14-9-12-16(21-2)7-8-18-17(12)19-14/h3-10H,1-2H3,(H,18,19). The van der Waals surface area contributed by atoms with Gasteiger partial charge < -0.3 is 14.3 Å². The molecule has 1 N–H and O–H groups in total. The number of ether oxygens (including phenoxy) is 1. The zero-order valence-corrected chi connectivity index (χ0v) is 11.9. The summed E-state index contributed by atoms with van der Waals surface area (Å²) >= 11 is 0. The van der Waals surface area contributed by atoms with Gasteiger partial charge in [0.15, 0.2) is 0 Å². The molecule has 0 radical (unpaired) electrons. The minimum atomic E-state index is 0.836. The molecule has 4 aromatic rings.